The molecule has 7 heteroatoms. The number of thioether (sulfide) groups is 1. The highest BCUT2D eigenvalue weighted by Gasteiger charge is 2.22. The summed E-state index contributed by atoms with van der Waals surface area (Å²) in [5.74, 6) is 1.41. The van der Waals surface area contributed by atoms with Crippen LogP contribution >= 0.6 is 11.8 Å². The molecular formula is C23H25FN4OS. The minimum atomic E-state index is -0.288. The van der Waals surface area contributed by atoms with Gasteiger partial charge in [0.05, 0.1) is 12.3 Å². The highest BCUT2D eigenvalue weighted by atomic mass is 32.2. The Morgan fingerprint density at radius 2 is 1.90 bits per heavy atom. The summed E-state index contributed by atoms with van der Waals surface area (Å²) in [7, 11) is 0. The van der Waals surface area contributed by atoms with Crippen LogP contribution in [0.5, 0.6) is 0 Å². The largest absolute Gasteiger partial charge is 0.342 e. The number of hydrogen-bond acceptors (Lipinski definition) is 4. The second-order valence-corrected chi connectivity index (χ2v) is 8.70. The van der Waals surface area contributed by atoms with E-state index in [0.717, 1.165) is 30.6 Å². The van der Waals surface area contributed by atoms with Crippen molar-refractivity contribution >= 4 is 17.7 Å². The van der Waals surface area contributed by atoms with Gasteiger partial charge in [-0.1, -0.05) is 49.0 Å². The fourth-order valence-corrected chi connectivity index (χ4v) is 4.59. The van der Waals surface area contributed by atoms with Gasteiger partial charge < -0.3 is 4.90 Å². The molecular weight excluding hydrogens is 399 g/mol. The highest BCUT2D eigenvalue weighted by Crippen LogP contribution is 2.26. The van der Waals surface area contributed by atoms with Crippen molar-refractivity contribution in [3.05, 3.63) is 66.0 Å². The van der Waals surface area contributed by atoms with Gasteiger partial charge in [0.1, 0.15) is 5.82 Å². The highest BCUT2D eigenvalue weighted by molar-refractivity contribution is 7.99. The number of aromatic nitrogens is 3. The first kappa shape index (κ1) is 20.6. The van der Waals surface area contributed by atoms with Crippen molar-refractivity contribution in [2.24, 2.45) is 5.92 Å². The van der Waals surface area contributed by atoms with Crippen LogP contribution in [0.4, 0.5) is 4.39 Å². The standard InChI is InChI=1S/C23H25FN4OS/c1-17-6-5-13-27(14-17)21(29)16-30-23-26-25-22(19-9-11-20(24)12-10-19)28(23)15-18-7-3-2-4-8-18/h2-4,7-12,17H,5-6,13-16H2,1H3/t17-/m0/s1. The monoisotopic (exact) mass is 424 g/mol. The quantitative estimate of drug-likeness (QED) is 0.548. The number of amides is 1. The van der Waals surface area contributed by atoms with E-state index in [2.05, 4.69) is 17.1 Å². The van der Waals surface area contributed by atoms with Gasteiger partial charge in [-0.3, -0.25) is 9.36 Å². The lowest BCUT2D eigenvalue weighted by molar-refractivity contribution is -0.130. The third-order valence-electron chi connectivity index (χ3n) is 5.34. The number of carbonyl (C=O) groups excluding carboxylic acids is 1. The topological polar surface area (TPSA) is 51.0 Å². The first-order valence-corrected chi connectivity index (χ1v) is 11.2. The zero-order chi connectivity index (χ0) is 20.9. The number of nitrogens with zero attached hydrogens (tertiary/aromatic N) is 4. The van der Waals surface area contributed by atoms with E-state index in [0.29, 0.717) is 29.2 Å². The summed E-state index contributed by atoms with van der Waals surface area (Å²) >= 11 is 1.41. The van der Waals surface area contributed by atoms with Gasteiger partial charge in [-0.15, -0.1) is 10.2 Å². The van der Waals surface area contributed by atoms with Gasteiger partial charge in [-0.05, 0) is 48.6 Å². The minimum absolute atomic E-state index is 0.143. The maximum atomic E-state index is 13.4. The summed E-state index contributed by atoms with van der Waals surface area (Å²) in [6, 6.07) is 16.3. The first-order chi connectivity index (χ1) is 14.6. The summed E-state index contributed by atoms with van der Waals surface area (Å²) in [4.78, 5) is 14.7. The Bertz CT molecular complexity index is 990. The zero-order valence-corrected chi connectivity index (χ0v) is 17.8. The van der Waals surface area contributed by atoms with Crippen LogP contribution in [0.1, 0.15) is 25.3 Å². The van der Waals surface area contributed by atoms with Crippen molar-refractivity contribution in [2.75, 3.05) is 18.8 Å². The van der Waals surface area contributed by atoms with Crippen molar-refractivity contribution in [2.45, 2.75) is 31.5 Å². The fraction of sp³-hybridized carbons (Fsp3) is 0.348. The number of piperidine rings is 1. The SMILES string of the molecule is C[C@H]1CCCN(C(=O)CSc2nnc(-c3ccc(F)cc3)n2Cc2ccccc2)C1. The Hall–Kier alpha value is -2.67. The molecule has 0 radical (unpaired) electrons. The molecule has 1 fully saturated rings. The molecule has 2 aromatic carbocycles. The van der Waals surface area contributed by atoms with Crippen molar-refractivity contribution < 1.29 is 9.18 Å². The lowest BCUT2D eigenvalue weighted by atomic mass is 10.0. The molecule has 0 aliphatic carbocycles. The maximum Gasteiger partial charge on any atom is 0.233 e. The van der Waals surface area contributed by atoms with Gasteiger partial charge in [-0.2, -0.15) is 0 Å². The Balaban J connectivity index is 1.56. The lowest BCUT2D eigenvalue weighted by Crippen LogP contribution is -2.40. The molecule has 4 rings (SSSR count). The molecule has 5 nitrogen and oxygen atoms in total. The van der Waals surface area contributed by atoms with Gasteiger partial charge >= 0.3 is 0 Å². The second kappa shape index (κ2) is 9.43. The second-order valence-electron chi connectivity index (χ2n) is 7.76. The molecule has 1 amide bonds. The maximum absolute atomic E-state index is 13.4. The summed E-state index contributed by atoms with van der Waals surface area (Å²) in [5.41, 5.74) is 1.90. The smallest absolute Gasteiger partial charge is 0.233 e. The number of benzene rings is 2. The molecule has 0 unspecified atom stereocenters. The average Bonchev–Trinajstić information content (AvgIpc) is 3.15. The van der Waals surface area contributed by atoms with Crippen LogP contribution in [0.3, 0.4) is 0 Å². The lowest BCUT2D eigenvalue weighted by Gasteiger charge is -2.30. The number of likely N-dealkylation sites (tertiary alicyclic amines) is 1. The van der Waals surface area contributed by atoms with Crippen LogP contribution in [0, 0.1) is 11.7 Å². The van der Waals surface area contributed by atoms with Crippen LogP contribution in [0.15, 0.2) is 59.8 Å². The van der Waals surface area contributed by atoms with Crippen molar-refractivity contribution in [3.63, 3.8) is 0 Å². The Kier molecular flexibility index (Phi) is 6.47. The number of carbonyl (C=O) groups is 1. The van der Waals surface area contributed by atoms with Crippen molar-refractivity contribution in [1.82, 2.24) is 19.7 Å². The molecule has 3 aromatic rings. The van der Waals surface area contributed by atoms with Gasteiger partial charge in [0.2, 0.25) is 5.91 Å². The number of rotatable bonds is 6. The normalized spacial score (nSPS) is 16.6. The van der Waals surface area contributed by atoms with E-state index < -0.39 is 0 Å². The Morgan fingerprint density at radius 3 is 2.63 bits per heavy atom. The molecule has 1 atom stereocenters. The molecule has 1 aliphatic rings. The summed E-state index contributed by atoms with van der Waals surface area (Å²) in [6.45, 7) is 4.44. The van der Waals surface area contributed by atoms with Crippen LogP contribution in [-0.2, 0) is 11.3 Å². The van der Waals surface area contributed by atoms with E-state index in [9.17, 15) is 9.18 Å². The zero-order valence-electron chi connectivity index (χ0n) is 17.0. The minimum Gasteiger partial charge on any atom is -0.342 e. The van der Waals surface area contributed by atoms with Gasteiger partial charge in [0.15, 0.2) is 11.0 Å². The molecule has 0 saturated carbocycles. The fourth-order valence-electron chi connectivity index (χ4n) is 3.75. The van der Waals surface area contributed by atoms with E-state index in [1.165, 1.54) is 30.3 Å². The van der Waals surface area contributed by atoms with E-state index in [-0.39, 0.29) is 11.7 Å². The van der Waals surface area contributed by atoms with Gasteiger partial charge in [-0.25, -0.2) is 4.39 Å². The van der Waals surface area contributed by atoms with Crippen molar-refractivity contribution in [1.29, 1.82) is 0 Å². The molecule has 1 aromatic heterocycles. The number of hydrogen-bond donors (Lipinski definition) is 0. The van der Waals surface area contributed by atoms with Crippen LogP contribution < -0.4 is 0 Å². The average molecular weight is 425 g/mol. The molecule has 30 heavy (non-hydrogen) atoms. The molecule has 2 heterocycles. The van der Waals surface area contributed by atoms with Gasteiger partial charge in [0.25, 0.3) is 0 Å². The van der Waals surface area contributed by atoms with Crippen LogP contribution in [-0.4, -0.2) is 44.4 Å². The van der Waals surface area contributed by atoms with E-state index in [1.807, 2.05) is 39.8 Å². The molecule has 0 bridgehead atoms. The predicted molar refractivity (Wildman–Crippen MR) is 117 cm³/mol. The Labute approximate surface area is 180 Å². The van der Waals surface area contributed by atoms with Crippen LogP contribution in [0.25, 0.3) is 11.4 Å². The van der Waals surface area contributed by atoms with E-state index >= 15 is 0 Å². The number of halogens is 1. The molecule has 1 aliphatic heterocycles. The molecule has 1 saturated heterocycles. The predicted octanol–water partition coefficient (Wildman–Crippen LogP) is 4.48. The molecule has 0 spiro atoms. The van der Waals surface area contributed by atoms with Crippen LogP contribution in [0.2, 0.25) is 0 Å². The van der Waals surface area contributed by atoms with E-state index in [4.69, 9.17) is 0 Å². The third-order valence-corrected chi connectivity index (χ3v) is 6.29. The summed E-state index contributed by atoms with van der Waals surface area (Å²) in [5, 5.41) is 9.41. The first-order valence-electron chi connectivity index (χ1n) is 10.2. The summed E-state index contributed by atoms with van der Waals surface area (Å²) in [6.07, 6.45) is 2.25. The Morgan fingerprint density at radius 1 is 1.13 bits per heavy atom. The third kappa shape index (κ3) is 4.90. The van der Waals surface area contributed by atoms with Gasteiger partial charge in [0, 0.05) is 18.7 Å². The molecule has 156 valence electrons. The van der Waals surface area contributed by atoms with E-state index in [1.54, 1.807) is 12.1 Å². The van der Waals surface area contributed by atoms with Crippen molar-refractivity contribution in [3.8, 4) is 11.4 Å². The molecule has 0 N–H and O–H groups in total. The summed E-state index contributed by atoms with van der Waals surface area (Å²) < 4.78 is 15.4.